The van der Waals surface area contributed by atoms with Crippen LogP contribution in [0.5, 0.6) is 0 Å². The summed E-state index contributed by atoms with van der Waals surface area (Å²) >= 11 is 0. The third kappa shape index (κ3) is 4.17. The van der Waals surface area contributed by atoms with Crippen LogP contribution in [0.4, 0.5) is 18.9 Å². The zero-order chi connectivity index (χ0) is 23.9. The lowest BCUT2D eigenvalue weighted by Crippen LogP contribution is -2.36. The fraction of sp³-hybridized carbons (Fsp3) is 0.217. The fourth-order valence-corrected chi connectivity index (χ4v) is 3.84. The molecule has 5 rings (SSSR count). The number of alkyl halides is 3. The molecule has 2 aromatic carbocycles. The maximum atomic E-state index is 13.7. The van der Waals surface area contributed by atoms with E-state index in [0.29, 0.717) is 48.5 Å². The molecule has 0 aliphatic carbocycles. The van der Waals surface area contributed by atoms with Crippen LogP contribution >= 0.6 is 0 Å². The number of halogens is 3. The summed E-state index contributed by atoms with van der Waals surface area (Å²) in [5, 5.41) is 4.50. The molecule has 0 bridgehead atoms. The summed E-state index contributed by atoms with van der Waals surface area (Å²) in [7, 11) is 0. The number of fused-ring (bicyclic) bond motifs is 1. The number of anilines is 1. The van der Waals surface area contributed by atoms with Crippen molar-refractivity contribution >= 4 is 22.5 Å². The number of morpholine rings is 1. The number of benzene rings is 2. The second-order valence-electron chi connectivity index (χ2n) is 7.77. The Labute approximate surface area is 191 Å². The first-order valence-corrected chi connectivity index (χ1v) is 10.4. The predicted octanol–water partition coefficient (Wildman–Crippen LogP) is 3.91. The van der Waals surface area contributed by atoms with Crippen molar-refractivity contribution in [1.82, 2.24) is 15.1 Å². The molecule has 0 spiro atoms. The maximum absolute atomic E-state index is 13.7. The molecular formula is C23H18F3N5O3. The highest BCUT2D eigenvalue weighted by atomic mass is 19.4. The van der Waals surface area contributed by atoms with Crippen LogP contribution in [0.1, 0.15) is 15.9 Å². The number of rotatable bonds is 4. The Bertz CT molecular complexity index is 1380. The van der Waals surface area contributed by atoms with Gasteiger partial charge in [0.05, 0.1) is 24.3 Å². The average Bonchev–Trinajstić information content (AvgIpc) is 3.34. The topological polar surface area (TPSA) is 107 Å². The molecule has 174 valence electrons. The van der Waals surface area contributed by atoms with Gasteiger partial charge in [-0.3, -0.25) is 4.79 Å². The lowest BCUT2D eigenvalue weighted by Gasteiger charge is -2.29. The van der Waals surface area contributed by atoms with E-state index in [4.69, 9.17) is 15.0 Å². The molecule has 0 atom stereocenters. The monoisotopic (exact) mass is 469 g/mol. The standard InChI is InChI=1S/C23H18F3N5O3/c24-23(25,26)16-7-15(8-17(10-16)31-3-5-33-6-4-31)22-28-11-14-2-1-13(9-19(14)29-22)20-18(21(27)32)12-34-30-20/h1-2,7-12H,3-6H2,(H2,27,32). The zero-order valence-corrected chi connectivity index (χ0v) is 17.7. The Balaban J connectivity index is 1.60. The smallest absolute Gasteiger partial charge is 0.378 e. The molecule has 2 N–H and O–H groups in total. The molecule has 3 heterocycles. The Morgan fingerprint density at radius 3 is 2.59 bits per heavy atom. The molecule has 1 saturated heterocycles. The molecule has 0 saturated carbocycles. The Hall–Kier alpha value is -3.99. The number of nitrogens with zero attached hydrogens (tertiary/aromatic N) is 4. The van der Waals surface area contributed by atoms with E-state index in [1.54, 1.807) is 24.3 Å². The quantitative estimate of drug-likeness (QED) is 0.483. The van der Waals surface area contributed by atoms with Gasteiger partial charge in [-0.25, -0.2) is 9.97 Å². The summed E-state index contributed by atoms with van der Waals surface area (Å²) in [5.41, 5.74) is 6.61. The number of amides is 1. The molecule has 0 radical (unpaired) electrons. The molecule has 1 aliphatic heterocycles. The van der Waals surface area contributed by atoms with Crippen molar-refractivity contribution in [2.45, 2.75) is 6.18 Å². The van der Waals surface area contributed by atoms with Crippen molar-refractivity contribution in [1.29, 1.82) is 0 Å². The number of aromatic nitrogens is 3. The average molecular weight is 469 g/mol. The number of carbonyl (C=O) groups excluding carboxylic acids is 1. The largest absolute Gasteiger partial charge is 0.416 e. The second-order valence-corrected chi connectivity index (χ2v) is 7.77. The number of hydrogen-bond acceptors (Lipinski definition) is 7. The maximum Gasteiger partial charge on any atom is 0.416 e. The van der Waals surface area contributed by atoms with Crippen LogP contribution < -0.4 is 10.6 Å². The van der Waals surface area contributed by atoms with Gasteiger partial charge in [0, 0.05) is 41.5 Å². The second kappa shape index (κ2) is 8.41. The van der Waals surface area contributed by atoms with Gasteiger partial charge in [-0.05, 0) is 24.3 Å². The van der Waals surface area contributed by atoms with Crippen LogP contribution in [-0.2, 0) is 10.9 Å². The van der Waals surface area contributed by atoms with Crippen LogP contribution in [0.2, 0.25) is 0 Å². The molecule has 11 heteroatoms. The van der Waals surface area contributed by atoms with Gasteiger partial charge >= 0.3 is 6.18 Å². The fourth-order valence-electron chi connectivity index (χ4n) is 3.84. The molecule has 1 fully saturated rings. The molecule has 34 heavy (non-hydrogen) atoms. The third-order valence-electron chi connectivity index (χ3n) is 5.57. The van der Waals surface area contributed by atoms with Crippen molar-refractivity contribution in [3.63, 3.8) is 0 Å². The van der Waals surface area contributed by atoms with E-state index in [1.807, 2.05) is 4.90 Å². The van der Waals surface area contributed by atoms with E-state index >= 15 is 0 Å². The first kappa shape index (κ1) is 21.8. The molecule has 1 amide bonds. The minimum atomic E-state index is -4.53. The normalized spacial score (nSPS) is 14.5. The summed E-state index contributed by atoms with van der Waals surface area (Å²) in [4.78, 5) is 22.3. The van der Waals surface area contributed by atoms with E-state index in [0.717, 1.165) is 18.4 Å². The highest BCUT2D eigenvalue weighted by Gasteiger charge is 2.32. The van der Waals surface area contributed by atoms with Crippen LogP contribution in [0.25, 0.3) is 33.5 Å². The minimum Gasteiger partial charge on any atom is -0.378 e. The number of ether oxygens (including phenoxy) is 1. The summed E-state index contributed by atoms with van der Waals surface area (Å²) in [6.07, 6.45) is -1.84. The van der Waals surface area contributed by atoms with E-state index < -0.39 is 17.6 Å². The van der Waals surface area contributed by atoms with Crippen molar-refractivity contribution in [2.24, 2.45) is 5.73 Å². The SMILES string of the molecule is NC(=O)c1conc1-c1ccc2cnc(-c3cc(N4CCOCC4)cc(C(F)(F)F)c3)nc2c1. The van der Waals surface area contributed by atoms with Gasteiger partial charge in [-0.15, -0.1) is 0 Å². The van der Waals surface area contributed by atoms with Crippen LogP contribution in [0.15, 0.2) is 53.4 Å². The first-order chi connectivity index (χ1) is 16.3. The van der Waals surface area contributed by atoms with Gasteiger partial charge in [-0.1, -0.05) is 17.3 Å². The zero-order valence-electron chi connectivity index (χ0n) is 17.7. The summed E-state index contributed by atoms with van der Waals surface area (Å²) < 4.78 is 51.2. The molecule has 4 aromatic rings. The van der Waals surface area contributed by atoms with E-state index in [1.165, 1.54) is 6.20 Å². The minimum absolute atomic E-state index is 0.113. The van der Waals surface area contributed by atoms with Crippen LogP contribution in [0, 0.1) is 0 Å². The van der Waals surface area contributed by atoms with Crippen molar-refractivity contribution in [2.75, 3.05) is 31.2 Å². The van der Waals surface area contributed by atoms with Crippen LogP contribution in [0.3, 0.4) is 0 Å². The molecule has 2 aromatic heterocycles. The van der Waals surface area contributed by atoms with Gasteiger partial charge < -0.3 is 19.9 Å². The summed E-state index contributed by atoms with van der Waals surface area (Å²) in [5.74, 6) is -0.556. The number of carbonyl (C=O) groups is 1. The Kier molecular flexibility index (Phi) is 5.40. The molecular weight excluding hydrogens is 451 g/mol. The number of primary amides is 1. The Morgan fingerprint density at radius 1 is 1.06 bits per heavy atom. The van der Waals surface area contributed by atoms with E-state index in [-0.39, 0.29) is 22.6 Å². The highest BCUT2D eigenvalue weighted by molar-refractivity contribution is 5.99. The lowest BCUT2D eigenvalue weighted by molar-refractivity contribution is -0.137. The molecule has 0 unspecified atom stereocenters. The molecule has 8 nitrogen and oxygen atoms in total. The first-order valence-electron chi connectivity index (χ1n) is 10.4. The predicted molar refractivity (Wildman–Crippen MR) is 117 cm³/mol. The Morgan fingerprint density at radius 2 is 1.85 bits per heavy atom. The van der Waals surface area contributed by atoms with Gasteiger partial charge in [0.15, 0.2) is 5.82 Å². The molecule has 1 aliphatic rings. The van der Waals surface area contributed by atoms with Crippen molar-refractivity contribution in [3.05, 3.63) is 60.0 Å². The number of hydrogen-bond donors (Lipinski definition) is 1. The van der Waals surface area contributed by atoms with Gasteiger partial charge in [0.1, 0.15) is 17.5 Å². The van der Waals surface area contributed by atoms with E-state index in [9.17, 15) is 18.0 Å². The highest BCUT2D eigenvalue weighted by Crippen LogP contribution is 2.36. The van der Waals surface area contributed by atoms with Gasteiger partial charge in [0.25, 0.3) is 5.91 Å². The van der Waals surface area contributed by atoms with E-state index in [2.05, 4.69) is 15.1 Å². The third-order valence-corrected chi connectivity index (χ3v) is 5.57. The van der Waals surface area contributed by atoms with Crippen molar-refractivity contribution < 1.29 is 27.2 Å². The van der Waals surface area contributed by atoms with Gasteiger partial charge in [-0.2, -0.15) is 13.2 Å². The summed E-state index contributed by atoms with van der Waals surface area (Å²) in [6.45, 7) is 1.86. The van der Waals surface area contributed by atoms with Crippen molar-refractivity contribution in [3.8, 4) is 22.6 Å². The summed E-state index contributed by atoms with van der Waals surface area (Å²) in [6, 6.07) is 8.90. The number of nitrogens with two attached hydrogens (primary N) is 1. The van der Waals surface area contributed by atoms with Crippen LogP contribution in [-0.4, -0.2) is 47.3 Å². The lowest BCUT2D eigenvalue weighted by atomic mass is 10.0. The van der Waals surface area contributed by atoms with Gasteiger partial charge in [0.2, 0.25) is 0 Å².